The van der Waals surface area contributed by atoms with E-state index in [1.54, 1.807) is 31.3 Å². The van der Waals surface area contributed by atoms with Crippen LogP contribution in [0.3, 0.4) is 0 Å². The van der Waals surface area contributed by atoms with Gasteiger partial charge >= 0.3 is 0 Å². The van der Waals surface area contributed by atoms with Crippen molar-refractivity contribution in [1.29, 1.82) is 0 Å². The summed E-state index contributed by atoms with van der Waals surface area (Å²) in [5.41, 5.74) is 0. The van der Waals surface area contributed by atoms with Gasteiger partial charge in [-0.2, -0.15) is 4.31 Å². The minimum Gasteiger partial charge on any atom is -0.339 e. The molecule has 0 aliphatic carbocycles. The van der Waals surface area contributed by atoms with Crippen molar-refractivity contribution < 1.29 is 13.2 Å². The van der Waals surface area contributed by atoms with Gasteiger partial charge in [-0.05, 0) is 24.3 Å². The molecular formula is C15H17ClN2O3S2. The lowest BCUT2D eigenvalue weighted by Crippen LogP contribution is -2.38. The third kappa shape index (κ3) is 4.54. The van der Waals surface area contributed by atoms with Gasteiger partial charge in [-0.3, -0.25) is 4.79 Å². The first-order valence-corrected chi connectivity index (χ1v) is 9.43. The van der Waals surface area contributed by atoms with E-state index in [1.807, 2.05) is 6.07 Å². The zero-order chi connectivity index (χ0) is 17.0. The summed E-state index contributed by atoms with van der Waals surface area (Å²) in [4.78, 5) is 14.8. The summed E-state index contributed by atoms with van der Waals surface area (Å²) < 4.78 is 26.5. The van der Waals surface area contributed by atoms with Gasteiger partial charge in [-0.15, -0.1) is 11.3 Å². The highest BCUT2D eigenvalue weighted by molar-refractivity contribution is 7.89. The third-order valence-corrected chi connectivity index (χ3v) is 6.29. The molecule has 0 saturated heterocycles. The molecule has 23 heavy (non-hydrogen) atoms. The second-order valence-corrected chi connectivity index (χ2v) is 8.87. The van der Waals surface area contributed by atoms with Crippen LogP contribution in [-0.4, -0.2) is 44.2 Å². The molecule has 0 bridgehead atoms. The molecular weight excluding hydrogens is 356 g/mol. The topological polar surface area (TPSA) is 57.7 Å². The lowest BCUT2D eigenvalue weighted by molar-refractivity contribution is -0.130. The molecule has 0 fully saturated rings. The van der Waals surface area contributed by atoms with Gasteiger partial charge in [-0.25, -0.2) is 8.42 Å². The van der Waals surface area contributed by atoms with Crippen LogP contribution >= 0.6 is 22.9 Å². The Morgan fingerprint density at radius 3 is 2.35 bits per heavy atom. The second-order valence-electron chi connectivity index (χ2n) is 5.03. The zero-order valence-corrected chi connectivity index (χ0v) is 15.2. The number of likely N-dealkylation sites (N-methyl/N-ethyl adjacent to an activating group) is 2. The summed E-state index contributed by atoms with van der Waals surface area (Å²) in [5, 5.41) is 0. The van der Waals surface area contributed by atoms with Crippen LogP contribution in [0.1, 0.15) is 4.88 Å². The third-order valence-electron chi connectivity index (χ3n) is 3.26. The van der Waals surface area contributed by atoms with Gasteiger partial charge in [0.15, 0.2) is 0 Å². The maximum absolute atomic E-state index is 12.4. The number of hydrogen-bond donors (Lipinski definition) is 0. The Morgan fingerprint density at radius 1 is 1.13 bits per heavy atom. The van der Waals surface area contributed by atoms with E-state index in [-0.39, 0.29) is 17.3 Å². The van der Waals surface area contributed by atoms with Gasteiger partial charge in [-0.1, -0.05) is 29.8 Å². The first-order valence-electron chi connectivity index (χ1n) is 6.80. The number of nitrogens with zero attached hydrogens (tertiary/aromatic N) is 2. The zero-order valence-electron chi connectivity index (χ0n) is 12.8. The van der Waals surface area contributed by atoms with Crippen LogP contribution in [0, 0.1) is 0 Å². The Morgan fingerprint density at radius 2 is 1.78 bits per heavy atom. The molecule has 5 nitrogen and oxygen atoms in total. The first-order chi connectivity index (χ1) is 10.8. The largest absolute Gasteiger partial charge is 0.339 e. The minimum absolute atomic E-state index is 0.169. The Hall–Kier alpha value is -1.41. The number of thiophene rings is 1. The maximum Gasteiger partial charge on any atom is 0.243 e. The van der Waals surface area contributed by atoms with Crippen molar-refractivity contribution in [2.45, 2.75) is 11.4 Å². The van der Waals surface area contributed by atoms with Crippen molar-refractivity contribution in [3.05, 3.63) is 51.7 Å². The summed E-state index contributed by atoms with van der Waals surface area (Å²) in [5.74, 6) is -0.281. The number of sulfonamides is 1. The van der Waals surface area contributed by atoms with E-state index in [0.29, 0.717) is 10.9 Å². The quantitative estimate of drug-likeness (QED) is 0.783. The average Bonchev–Trinajstić information content (AvgIpc) is 2.93. The van der Waals surface area contributed by atoms with Crippen molar-refractivity contribution in [1.82, 2.24) is 9.21 Å². The molecule has 2 aromatic rings. The van der Waals surface area contributed by atoms with Crippen LogP contribution in [0.15, 0.2) is 47.4 Å². The highest BCUT2D eigenvalue weighted by Gasteiger charge is 2.24. The van der Waals surface area contributed by atoms with Crippen LogP contribution in [0.2, 0.25) is 4.34 Å². The number of carbonyl (C=O) groups excluding carboxylic acids is 1. The molecule has 1 amide bonds. The van der Waals surface area contributed by atoms with E-state index in [2.05, 4.69) is 0 Å². The number of hydrogen-bond acceptors (Lipinski definition) is 4. The van der Waals surface area contributed by atoms with Crippen LogP contribution in [0.4, 0.5) is 0 Å². The van der Waals surface area contributed by atoms with Crippen molar-refractivity contribution >= 4 is 38.9 Å². The van der Waals surface area contributed by atoms with Crippen LogP contribution in [0.5, 0.6) is 0 Å². The molecule has 1 aromatic carbocycles. The Balaban J connectivity index is 2.01. The van der Waals surface area contributed by atoms with Gasteiger partial charge in [0, 0.05) is 19.0 Å². The van der Waals surface area contributed by atoms with Crippen molar-refractivity contribution in [2.75, 3.05) is 20.6 Å². The molecule has 0 N–H and O–H groups in total. The molecule has 0 unspecified atom stereocenters. The Labute approximate surface area is 145 Å². The van der Waals surface area contributed by atoms with Gasteiger partial charge in [0.2, 0.25) is 15.9 Å². The Kier molecular flexibility index (Phi) is 5.80. The molecule has 124 valence electrons. The molecule has 0 spiro atoms. The summed E-state index contributed by atoms with van der Waals surface area (Å²) in [6.45, 7) is 0.183. The predicted molar refractivity (Wildman–Crippen MR) is 92.1 cm³/mol. The van der Waals surface area contributed by atoms with Crippen molar-refractivity contribution in [3.8, 4) is 0 Å². The van der Waals surface area contributed by atoms with E-state index >= 15 is 0 Å². The molecule has 0 aliphatic heterocycles. The molecule has 1 aromatic heterocycles. The number of amides is 1. The van der Waals surface area contributed by atoms with Gasteiger partial charge < -0.3 is 4.90 Å². The van der Waals surface area contributed by atoms with Gasteiger partial charge in [0.05, 0.1) is 22.3 Å². The van der Waals surface area contributed by atoms with Crippen molar-refractivity contribution in [3.63, 3.8) is 0 Å². The number of halogens is 1. The standard InChI is InChI=1S/C15H17ClN2O3S2/c1-17(10-12-8-9-14(16)22-12)15(19)11-18(2)23(20,21)13-6-4-3-5-7-13/h3-9H,10-11H2,1-2H3. The monoisotopic (exact) mass is 372 g/mol. The predicted octanol–water partition coefficient (Wildman–Crippen LogP) is 2.68. The molecule has 1 heterocycles. The van der Waals surface area contributed by atoms with Crippen LogP contribution in [-0.2, 0) is 21.4 Å². The van der Waals surface area contributed by atoms with E-state index in [1.165, 1.54) is 35.4 Å². The summed E-state index contributed by atoms with van der Waals surface area (Å²) in [7, 11) is -0.632. The maximum atomic E-state index is 12.4. The van der Waals surface area contributed by atoms with E-state index in [4.69, 9.17) is 11.6 Å². The normalized spacial score (nSPS) is 11.7. The fourth-order valence-electron chi connectivity index (χ4n) is 1.93. The minimum atomic E-state index is -3.67. The molecule has 8 heteroatoms. The van der Waals surface area contributed by atoms with Crippen LogP contribution < -0.4 is 0 Å². The summed E-state index contributed by atoms with van der Waals surface area (Å²) >= 11 is 7.26. The first kappa shape index (κ1) is 17.9. The lowest BCUT2D eigenvalue weighted by Gasteiger charge is -2.21. The molecule has 0 atom stereocenters. The van der Waals surface area contributed by atoms with Gasteiger partial charge in [0.25, 0.3) is 0 Å². The molecule has 0 radical (unpaired) electrons. The molecule has 0 aliphatic rings. The second kappa shape index (κ2) is 7.44. The Bertz CT molecular complexity index is 775. The highest BCUT2D eigenvalue weighted by Crippen LogP contribution is 2.22. The smallest absolute Gasteiger partial charge is 0.243 e. The highest BCUT2D eigenvalue weighted by atomic mass is 35.5. The fraction of sp³-hybridized carbons (Fsp3) is 0.267. The number of rotatable bonds is 6. The van der Waals surface area contributed by atoms with E-state index in [0.717, 1.165) is 9.18 Å². The van der Waals surface area contributed by atoms with E-state index in [9.17, 15) is 13.2 Å². The van der Waals surface area contributed by atoms with Crippen LogP contribution in [0.25, 0.3) is 0 Å². The average molecular weight is 373 g/mol. The molecule has 2 rings (SSSR count). The number of benzene rings is 1. The van der Waals surface area contributed by atoms with Crippen molar-refractivity contribution in [2.24, 2.45) is 0 Å². The number of carbonyl (C=O) groups is 1. The lowest BCUT2D eigenvalue weighted by atomic mass is 10.4. The SMILES string of the molecule is CN(Cc1ccc(Cl)s1)C(=O)CN(C)S(=O)(=O)c1ccccc1. The summed E-state index contributed by atoms with van der Waals surface area (Å²) in [6, 6.07) is 11.7. The van der Waals surface area contributed by atoms with Gasteiger partial charge in [0.1, 0.15) is 0 Å². The molecule has 0 saturated carbocycles. The van der Waals surface area contributed by atoms with E-state index < -0.39 is 10.0 Å². The fourth-order valence-corrected chi connectivity index (χ4v) is 4.21. The summed E-state index contributed by atoms with van der Waals surface area (Å²) in [6.07, 6.45) is 0.